The van der Waals surface area contributed by atoms with Gasteiger partial charge in [0.25, 0.3) is 5.91 Å². The molecule has 0 aliphatic rings. The van der Waals surface area contributed by atoms with Crippen molar-refractivity contribution in [3.63, 3.8) is 0 Å². The Morgan fingerprint density at radius 2 is 1.94 bits per heavy atom. The first-order chi connectivity index (χ1) is 7.65. The van der Waals surface area contributed by atoms with E-state index >= 15 is 0 Å². The molecule has 6 heteroatoms. The van der Waals surface area contributed by atoms with E-state index in [1.807, 2.05) is 5.32 Å². The van der Waals surface area contributed by atoms with Crippen molar-refractivity contribution >= 4 is 11.9 Å². The van der Waals surface area contributed by atoms with Gasteiger partial charge in [-0.1, -0.05) is 30.3 Å². The summed E-state index contributed by atoms with van der Waals surface area (Å²) < 4.78 is 0. The highest BCUT2D eigenvalue weighted by Gasteiger charge is 2.21. The molecule has 1 rings (SSSR count). The zero-order valence-corrected chi connectivity index (χ0v) is 8.31. The smallest absolute Gasteiger partial charge is 0.313 e. The number of benzene rings is 1. The lowest BCUT2D eigenvalue weighted by Gasteiger charge is -2.15. The number of carbonyl (C=O) groups excluding carboxylic acids is 2. The lowest BCUT2D eigenvalue weighted by atomic mass is 10.1. The topological polar surface area (TPSA) is 108 Å². The molecule has 0 bridgehead atoms. The van der Waals surface area contributed by atoms with Gasteiger partial charge in [0, 0.05) is 0 Å². The maximum atomic E-state index is 11.5. The molecule has 82 valence electrons. The Bertz CT molecular complexity index is 424. The summed E-state index contributed by atoms with van der Waals surface area (Å²) in [5.41, 5.74) is 5.50. The van der Waals surface area contributed by atoms with E-state index in [0.29, 0.717) is 5.56 Å². The molecule has 6 nitrogen and oxygen atoms in total. The van der Waals surface area contributed by atoms with Gasteiger partial charge in [-0.15, -0.1) is 0 Å². The SMILES string of the molecule is N#CNC(=O)C(NC(N)=O)c1ccccc1. The van der Waals surface area contributed by atoms with Crippen LogP contribution < -0.4 is 16.4 Å². The van der Waals surface area contributed by atoms with Crippen LogP contribution in [0, 0.1) is 11.5 Å². The lowest BCUT2D eigenvalue weighted by molar-refractivity contribution is -0.121. The Morgan fingerprint density at radius 3 is 2.44 bits per heavy atom. The molecule has 1 unspecified atom stereocenters. The van der Waals surface area contributed by atoms with Crippen molar-refractivity contribution < 1.29 is 9.59 Å². The van der Waals surface area contributed by atoms with Crippen LogP contribution in [0.15, 0.2) is 30.3 Å². The average molecular weight is 218 g/mol. The molecule has 1 aromatic rings. The zero-order chi connectivity index (χ0) is 12.0. The Kier molecular flexibility index (Phi) is 3.86. The van der Waals surface area contributed by atoms with Crippen LogP contribution in [-0.2, 0) is 4.79 Å². The molecular formula is C10H10N4O2. The molecule has 16 heavy (non-hydrogen) atoms. The summed E-state index contributed by atoms with van der Waals surface area (Å²) >= 11 is 0. The second kappa shape index (κ2) is 5.36. The van der Waals surface area contributed by atoms with E-state index in [-0.39, 0.29) is 0 Å². The highest BCUT2D eigenvalue weighted by atomic mass is 16.2. The Morgan fingerprint density at radius 1 is 1.31 bits per heavy atom. The number of rotatable bonds is 3. The van der Waals surface area contributed by atoms with E-state index in [1.54, 1.807) is 30.3 Å². The van der Waals surface area contributed by atoms with Crippen LogP contribution in [0.5, 0.6) is 0 Å². The predicted molar refractivity (Wildman–Crippen MR) is 55.7 cm³/mol. The number of hydrogen-bond donors (Lipinski definition) is 3. The summed E-state index contributed by atoms with van der Waals surface area (Å²) in [6, 6.07) is 6.71. The molecule has 0 aromatic heterocycles. The summed E-state index contributed by atoms with van der Waals surface area (Å²) in [6.07, 6.45) is 1.50. The number of urea groups is 1. The van der Waals surface area contributed by atoms with Crippen LogP contribution in [0.25, 0.3) is 0 Å². The molecular weight excluding hydrogens is 208 g/mol. The van der Waals surface area contributed by atoms with E-state index in [1.165, 1.54) is 6.19 Å². The lowest BCUT2D eigenvalue weighted by Crippen LogP contribution is -2.41. The van der Waals surface area contributed by atoms with E-state index in [4.69, 9.17) is 11.0 Å². The Hall–Kier alpha value is -2.55. The van der Waals surface area contributed by atoms with Gasteiger partial charge in [0.1, 0.15) is 6.04 Å². The van der Waals surface area contributed by atoms with Crippen LogP contribution in [0.2, 0.25) is 0 Å². The van der Waals surface area contributed by atoms with Crippen molar-refractivity contribution in [2.75, 3.05) is 0 Å². The Labute approximate surface area is 92.0 Å². The maximum Gasteiger partial charge on any atom is 0.313 e. The first kappa shape index (κ1) is 11.5. The summed E-state index contributed by atoms with van der Waals surface area (Å²) in [5, 5.41) is 12.5. The quantitative estimate of drug-likeness (QED) is 0.490. The molecule has 0 fully saturated rings. The molecule has 0 aliphatic carbocycles. The summed E-state index contributed by atoms with van der Waals surface area (Å²) in [7, 11) is 0. The van der Waals surface area contributed by atoms with Crippen molar-refractivity contribution in [3.05, 3.63) is 35.9 Å². The first-order valence-corrected chi connectivity index (χ1v) is 4.45. The fraction of sp³-hybridized carbons (Fsp3) is 0.100. The molecule has 0 saturated heterocycles. The van der Waals surface area contributed by atoms with Crippen molar-refractivity contribution in [2.45, 2.75) is 6.04 Å². The van der Waals surface area contributed by atoms with Crippen LogP contribution in [0.3, 0.4) is 0 Å². The van der Waals surface area contributed by atoms with Gasteiger partial charge in [-0.3, -0.25) is 10.1 Å². The second-order valence-electron chi connectivity index (χ2n) is 2.95. The monoisotopic (exact) mass is 218 g/mol. The molecule has 0 heterocycles. The molecule has 1 aromatic carbocycles. The normalized spacial score (nSPS) is 10.9. The zero-order valence-electron chi connectivity index (χ0n) is 8.31. The molecule has 4 N–H and O–H groups in total. The molecule has 0 radical (unpaired) electrons. The molecule has 1 atom stereocenters. The molecule has 0 spiro atoms. The van der Waals surface area contributed by atoms with Gasteiger partial charge in [0.05, 0.1) is 0 Å². The van der Waals surface area contributed by atoms with E-state index in [0.717, 1.165) is 0 Å². The minimum atomic E-state index is -0.960. The van der Waals surface area contributed by atoms with Crippen molar-refractivity contribution in [1.29, 1.82) is 5.26 Å². The summed E-state index contributed by atoms with van der Waals surface area (Å²) in [5.74, 6) is -0.632. The minimum absolute atomic E-state index is 0.550. The van der Waals surface area contributed by atoms with Gasteiger partial charge in [-0.25, -0.2) is 4.79 Å². The summed E-state index contributed by atoms with van der Waals surface area (Å²) in [4.78, 5) is 22.2. The van der Waals surface area contributed by atoms with Crippen LogP contribution in [0.1, 0.15) is 11.6 Å². The third-order valence-corrected chi connectivity index (χ3v) is 1.86. The number of hydrogen-bond acceptors (Lipinski definition) is 3. The number of nitriles is 1. The highest BCUT2D eigenvalue weighted by molar-refractivity contribution is 5.88. The molecule has 0 saturated carbocycles. The van der Waals surface area contributed by atoms with Crippen LogP contribution >= 0.6 is 0 Å². The standard InChI is InChI=1S/C10H10N4O2/c11-6-13-9(15)8(14-10(12)16)7-4-2-1-3-5-7/h1-5,8H,(H,13,15)(H3,12,14,16). The van der Waals surface area contributed by atoms with Crippen molar-refractivity contribution in [3.8, 4) is 6.19 Å². The fourth-order valence-electron chi connectivity index (χ4n) is 1.22. The second-order valence-corrected chi connectivity index (χ2v) is 2.95. The van der Waals surface area contributed by atoms with Gasteiger partial charge in [0.15, 0.2) is 6.19 Å². The third-order valence-electron chi connectivity index (χ3n) is 1.86. The van der Waals surface area contributed by atoms with E-state index in [2.05, 4.69) is 5.32 Å². The Balaban J connectivity index is 2.92. The third kappa shape index (κ3) is 2.99. The van der Waals surface area contributed by atoms with Gasteiger partial charge in [-0.05, 0) is 5.56 Å². The number of carbonyl (C=O) groups is 2. The number of amides is 3. The average Bonchev–Trinajstić information content (AvgIpc) is 2.27. The van der Waals surface area contributed by atoms with Crippen LogP contribution in [0.4, 0.5) is 4.79 Å². The largest absolute Gasteiger partial charge is 0.352 e. The van der Waals surface area contributed by atoms with E-state index in [9.17, 15) is 9.59 Å². The highest BCUT2D eigenvalue weighted by Crippen LogP contribution is 2.12. The van der Waals surface area contributed by atoms with Gasteiger partial charge >= 0.3 is 6.03 Å². The number of nitrogens with one attached hydrogen (secondary N) is 2. The van der Waals surface area contributed by atoms with Gasteiger partial charge < -0.3 is 11.1 Å². The van der Waals surface area contributed by atoms with Gasteiger partial charge in [0.2, 0.25) is 0 Å². The fourth-order valence-corrected chi connectivity index (χ4v) is 1.22. The maximum absolute atomic E-state index is 11.5. The number of nitrogens with zero attached hydrogens (tertiary/aromatic N) is 1. The summed E-state index contributed by atoms with van der Waals surface area (Å²) in [6.45, 7) is 0. The van der Waals surface area contributed by atoms with E-state index < -0.39 is 18.0 Å². The van der Waals surface area contributed by atoms with Crippen LogP contribution in [-0.4, -0.2) is 11.9 Å². The van der Waals surface area contributed by atoms with Crippen molar-refractivity contribution in [1.82, 2.24) is 10.6 Å². The number of primary amides is 1. The molecule has 3 amide bonds. The molecule has 0 aliphatic heterocycles. The first-order valence-electron chi connectivity index (χ1n) is 4.45. The van der Waals surface area contributed by atoms with Crippen molar-refractivity contribution in [2.24, 2.45) is 5.73 Å². The number of nitrogens with two attached hydrogens (primary N) is 1. The predicted octanol–water partition coefficient (Wildman–Crippen LogP) is -0.00672. The minimum Gasteiger partial charge on any atom is -0.352 e. The van der Waals surface area contributed by atoms with Gasteiger partial charge in [-0.2, -0.15) is 5.26 Å².